The number of hydrogen-bond acceptors (Lipinski definition) is 0. The van der Waals surface area contributed by atoms with E-state index in [1.54, 1.807) is 0 Å². The van der Waals surface area contributed by atoms with E-state index in [4.69, 9.17) is 0 Å². The van der Waals surface area contributed by atoms with Crippen LogP contribution in [0.3, 0.4) is 0 Å². The fourth-order valence-electron chi connectivity index (χ4n) is 1.13. The molecule has 1 aromatic carbocycles. The molecule has 0 radical (unpaired) electrons. The molecule has 0 unspecified atom stereocenters. The predicted octanol–water partition coefficient (Wildman–Crippen LogP) is 3.35. The average molecular weight is 351 g/mol. The van der Waals surface area contributed by atoms with Crippen molar-refractivity contribution in [2.45, 2.75) is 6.54 Å². The monoisotopic (exact) mass is 350 g/mol. The molecule has 1 rings (SSSR count). The van der Waals surface area contributed by atoms with Crippen molar-refractivity contribution in [2.75, 3.05) is 21.1 Å². The molecule has 0 aliphatic rings. The Bertz CT molecular complexity index is 221. The molecular formula is C10H19Cl2IN+. The Morgan fingerprint density at radius 2 is 1.36 bits per heavy atom. The molecule has 1 nitrogen and oxygen atoms in total. The Labute approximate surface area is 116 Å². The summed E-state index contributed by atoms with van der Waals surface area (Å²) in [6.07, 6.45) is 0. The van der Waals surface area contributed by atoms with Crippen LogP contribution >= 0.6 is 48.8 Å². The van der Waals surface area contributed by atoms with Crippen molar-refractivity contribution in [3.8, 4) is 0 Å². The first-order valence-electron chi connectivity index (χ1n) is 3.92. The van der Waals surface area contributed by atoms with Gasteiger partial charge in [0.15, 0.2) is 0 Å². The van der Waals surface area contributed by atoms with Gasteiger partial charge in [0.1, 0.15) is 6.54 Å². The van der Waals surface area contributed by atoms with E-state index in [-0.39, 0.29) is 48.8 Å². The van der Waals surface area contributed by atoms with Gasteiger partial charge in [-0.1, -0.05) is 30.3 Å². The van der Waals surface area contributed by atoms with Crippen LogP contribution in [0.25, 0.3) is 0 Å². The second-order valence-corrected chi connectivity index (χ2v) is 3.93. The van der Waals surface area contributed by atoms with Crippen molar-refractivity contribution in [1.82, 2.24) is 0 Å². The zero-order valence-corrected chi connectivity index (χ0v) is 12.7. The third kappa shape index (κ3) is 9.06. The number of quaternary nitrogens is 1. The molecule has 1 aromatic rings. The maximum absolute atomic E-state index is 2.20. The number of rotatable bonds is 2. The number of nitrogens with zero attached hydrogens (tertiary/aromatic N) is 1. The van der Waals surface area contributed by atoms with Crippen LogP contribution in [0.2, 0.25) is 0 Å². The van der Waals surface area contributed by atoms with Crippen LogP contribution in [-0.4, -0.2) is 25.6 Å². The van der Waals surface area contributed by atoms with E-state index in [2.05, 4.69) is 51.5 Å². The molecule has 4 heteroatoms. The molecule has 0 spiro atoms. The van der Waals surface area contributed by atoms with Gasteiger partial charge in [-0.25, -0.2) is 0 Å². The summed E-state index contributed by atoms with van der Waals surface area (Å²) in [7, 11) is 6.60. The van der Waals surface area contributed by atoms with Gasteiger partial charge < -0.3 is 4.48 Å². The summed E-state index contributed by atoms with van der Waals surface area (Å²) < 4.78 is 0.990. The van der Waals surface area contributed by atoms with E-state index in [0.717, 1.165) is 11.0 Å². The molecule has 0 atom stereocenters. The molecule has 0 saturated carbocycles. The van der Waals surface area contributed by atoms with E-state index in [9.17, 15) is 0 Å². The molecular weight excluding hydrogens is 332 g/mol. The maximum atomic E-state index is 2.20. The van der Waals surface area contributed by atoms with Gasteiger partial charge in [0.2, 0.25) is 0 Å². The molecule has 0 amide bonds. The lowest BCUT2D eigenvalue weighted by Gasteiger charge is -2.23. The van der Waals surface area contributed by atoms with Gasteiger partial charge in [-0.3, -0.25) is 0 Å². The lowest BCUT2D eigenvalue weighted by molar-refractivity contribution is -0.884. The van der Waals surface area contributed by atoms with E-state index >= 15 is 0 Å². The Hall–Kier alpha value is 0.490. The molecule has 14 heavy (non-hydrogen) atoms. The van der Waals surface area contributed by atoms with Gasteiger partial charge >= 0.3 is 0 Å². The van der Waals surface area contributed by atoms with Crippen molar-refractivity contribution in [2.24, 2.45) is 0 Å². The highest BCUT2D eigenvalue weighted by atomic mass is 127. The Morgan fingerprint density at radius 3 is 1.71 bits per heavy atom. The summed E-state index contributed by atoms with van der Waals surface area (Å²) in [5, 5.41) is 0. The molecule has 0 aliphatic carbocycles. The zero-order chi connectivity index (χ0) is 8.32. The SMILES string of the molecule is C[N+](C)(C)Cc1ccccc1.Cl.Cl.I. The van der Waals surface area contributed by atoms with Crippen molar-refractivity contribution in [1.29, 1.82) is 0 Å². The van der Waals surface area contributed by atoms with E-state index in [1.807, 2.05) is 0 Å². The number of hydrogen-bond donors (Lipinski definition) is 0. The van der Waals surface area contributed by atoms with Crippen LogP contribution in [0.1, 0.15) is 5.56 Å². The second-order valence-electron chi connectivity index (χ2n) is 3.93. The third-order valence-corrected chi connectivity index (χ3v) is 1.50. The van der Waals surface area contributed by atoms with Crippen LogP contribution in [0.15, 0.2) is 30.3 Å². The maximum Gasteiger partial charge on any atom is 0.104 e. The van der Waals surface area contributed by atoms with Crippen LogP contribution in [0.5, 0.6) is 0 Å². The van der Waals surface area contributed by atoms with Crippen LogP contribution in [-0.2, 0) is 6.54 Å². The summed E-state index contributed by atoms with van der Waals surface area (Å²) in [5.74, 6) is 0. The second kappa shape index (κ2) is 8.77. The van der Waals surface area contributed by atoms with E-state index in [0.29, 0.717) is 0 Å². The first-order valence-corrected chi connectivity index (χ1v) is 3.92. The Balaban J connectivity index is -0.000000403. The molecule has 0 fully saturated rings. The fourth-order valence-corrected chi connectivity index (χ4v) is 1.13. The molecule has 0 N–H and O–H groups in total. The fraction of sp³-hybridized carbons (Fsp3) is 0.400. The van der Waals surface area contributed by atoms with Crippen LogP contribution in [0.4, 0.5) is 0 Å². The Morgan fingerprint density at radius 1 is 0.929 bits per heavy atom. The largest absolute Gasteiger partial charge is 0.327 e. The van der Waals surface area contributed by atoms with Crippen molar-refractivity contribution in [3.63, 3.8) is 0 Å². The normalized spacial score (nSPS) is 9.07. The molecule has 0 heterocycles. The van der Waals surface area contributed by atoms with Gasteiger partial charge in [0, 0.05) is 5.56 Å². The number of halogens is 3. The minimum atomic E-state index is 0. The average Bonchev–Trinajstić information content (AvgIpc) is 1.85. The molecule has 0 aliphatic heterocycles. The summed E-state index contributed by atoms with van der Waals surface area (Å²) >= 11 is 0. The highest BCUT2D eigenvalue weighted by molar-refractivity contribution is 14.0. The standard InChI is InChI=1S/C10H16N.2ClH.HI/c1-11(2,3)9-10-7-5-4-6-8-10;;;/h4-8H,9H2,1-3H3;3*1H/q+1;;;. The minimum absolute atomic E-state index is 0. The predicted molar refractivity (Wildman–Crippen MR) is 78.1 cm³/mol. The highest BCUT2D eigenvalue weighted by Crippen LogP contribution is 2.04. The molecule has 0 bridgehead atoms. The van der Waals surface area contributed by atoms with Gasteiger partial charge in [-0.05, 0) is 0 Å². The first kappa shape index (κ1) is 20.0. The summed E-state index contributed by atoms with van der Waals surface area (Å²) in [5.41, 5.74) is 1.40. The quantitative estimate of drug-likeness (QED) is 0.566. The van der Waals surface area contributed by atoms with Gasteiger partial charge in [0.25, 0.3) is 0 Å². The minimum Gasteiger partial charge on any atom is -0.327 e. The zero-order valence-electron chi connectivity index (χ0n) is 8.77. The Kier molecular flexibility index (Phi) is 12.5. The van der Waals surface area contributed by atoms with Crippen molar-refractivity contribution >= 4 is 48.8 Å². The van der Waals surface area contributed by atoms with Crippen molar-refractivity contribution in [3.05, 3.63) is 35.9 Å². The van der Waals surface area contributed by atoms with E-state index in [1.165, 1.54) is 5.56 Å². The number of benzene rings is 1. The summed E-state index contributed by atoms with van der Waals surface area (Å²) in [6, 6.07) is 10.6. The van der Waals surface area contributed by atoms with Gasteiger partial charge in [-0.2, -0.15) is 0 Å². The lowest BCUT2D eigenvalue weighted by Crippen LogP contribution is -2.33. The smallest absolute Gasteiger partial charge is 0.104 e. The van der Waals surface area contributed by atoms with Crippen LogP contribution in [0, 0.1) is 0 Å². The molecule has 84 valence electrons. The topological polar surface area (TPSA) is 0 Å². The highest BCUT2D eigenvalue weighted by Gasteiger charge is 2.06. The molecule has 0 aromatic heterocycles. The van der Waals surface area contributed by atoms with Gasteiger partial charge in [0.05, 0.1) is 21.1 Å². The van der Waals surface area contributed by atoms with Crippen LogP contribution < -0.4 is 0 Å². The third-order valence-electron chi connectivity index (χ3n) is 1.50. The first-order chi connectivity index (χ1) is 5.08. The van der Waals surface area contributed by atoms with Crippen molar-refractivity contribution < 1.29 is 4.48 Å². The van der Waals surface area contributed by atoms with E-state index < -0.39 is 0 Å². The molecule has 0 saturated heterocycles. The summed E-state index contributed by atoms with van der Waals surface area (Å²) in [4.78, 5) is 0. The lowest BCUT2D eigenvalue weighted by atomic mass is 10.2. The summed E-state index contributed by atoms with van der Waals surface area (Å²) in [6.45, 7) is 1.10. The van der Waals surface area contributed by atoms with Gasteiger partial charge in [-0.15, -0.1) is 48.8 Å².